The first-order chi connectivity index (χ1) is 9.65. The molecule has 2 saturated carbocycles. The fourth-order valence-corrected chi connectivity index (χ4v) is 4.46. The van der Waals surface area contributed by atoms with Crippen LogP contribution in [0.5, 0.6) is 0 Å². The number of nitrogens with one attached hydrogen (secondary N) is 1. The van der Waals surface area contributed by atoms with Crippen LogP contribution in [-0.2, 0) is 9.53 Å². The van der Waals surface area contributed by atoms with Crippen molar-refractivity contribution in [2.24, 2.45) is 17.3 Å². The van der Waals surface area contributed by atoms with Crippen LogP contribution < -0.4 is 5.32 Å². The van der Waals surface area contributed by atoms with Gasteiger partial charge in [-0.15, -0.1) is 0 Å². The molecule has 2 unspecified atom stereocenters. The number of piperidine rings is 1. The predicted molar refractivity (Wildman–Crippen MR) is 76.2 cm³/mol. The van der Waals surface area contributed by atoms with Crippen molar-refractivity contribution >= 4 is 5.97 Å². The quantitative estimate of drug-likeness (QED) is 0.775. The van der Waals surface area contributed by atoms with Crippen LogP contribution in [0.25, 0.3) is 0 Å². The summed E-state index contributed by atoms with van der Waals surface area (Å²) in [6.45, 7) is 0.747. The van der Waals surface area contributed by atoms with Crippen molar-refractivity contribution in [2.45, 2.75) is 63.5 Å². The summed E-state index contributed by atoms with van der Waals surface area (Å²) in [5, 5.41) is 13.1. The second kappa shape index (κ2) is 5.64. The molecule has 0 spiro atoms. The summed E-state index contributed by atoms with van der Waals surface area (Å²) in [7, 11) is 1.52. The molecule has 0 aromatic carbocycles. The molecule has 1 saturated heterocycles. The zero-order chi connectivity index (χ0) is 14.2. The van der Waals surface area contributed by atoms with E-state index < -0.39 is 0 Å². The molecule has 3 aliphatic rings. The Balaban J connectivity index is 1.51. The van der Waals surface area contributed by atoms with E-state index in [4.69, 9.17) is 4.74 Å². The van der Waals surface area contributed by atoms with Gasteiger partial charge in [0.2, 0.25) is 0 Å². The topological polar surface area (TPSA) is 58.6 Å². The Morgan fingerprint density at radius 2 is 1.85 bits per heavy atom. The van der Waals surface area contributed by atoms with Crippen LogP contribution in [0, 0.1) is 17.3 Å². The molecule has 0 aromatic heterocycles. The molecule has 0 bridgehead atoms. The largest absolute Gasteiger partial charge is 0.469 e. The van der Waals surface area contributed by atoms with Gasteiger partial charge in [-0.05, 0) is 63.2 Å². The van der Waals surface area contributed by atoms with Crippen molar-refractivity contribution in [1.82, 2.24) is 5.32 Å². The van der Waals surface area contributed by atoms with E-state index in [0.29, 0.717) is 12.0 Å². The molecule has 114 valence electrons. The Bertz CT molecular complexity index is 351. The zero-order valence-electron chi connectivity index (χ0n) is 12.4. The van der Waals surface area contributed by atoms with Crippen molar-refractivity contribution in [3.8, 4) is 0 Å². The van der Waals surface area contributed by atoms with Crippen molar-refractivity contribution in [3.05, 3.63) is 0 Å². The smallest absolute Gasteiger partial charge is 0.312 e. The van der Waals surface area contributed by atoms with Gasteiger partial charge in [-0.1, -0.05) is 0 Å². The van der Waals surface area contributed by atoms with Gasteiger partial charge < -0.3 is 15.2 Å². The van der Waals surface area contributed by atoms with E-state index >= 15 is 0 Å². The van der Waals surface area contributed by atoms with E-state index in [1.165, 1.54) is 32.8 Å². The van der Waals surface area contributed by atoms with E-state index in [0.717, 1.165) is 38.1 Å². The van der Waals surface area contributed by atoms with Crippen molar-refractivity contribution in [1.29, 1.82) is 0 Å². The minimum absolute atomic E-state index is 0.0277. The summed E-state index contributed by atoms with van der Waals surface area (Å²) < 4.78 is 5.01. The molecule has 2 aliphatic carbocycles. The minimum atomic E-state index is -0.156. The molecule has 2 atom stereocenters. The third-order valence-corrected chi connectivity index (χ3v) is 5.93. The minimum Gasteiger partial charge on any atom is -0.469 e. The summed E-state index contributed by atoms with van der Waals surface area (Å²) in [5.74, 6) is 1.30. The maximum atomic E-state index is 12.0. The Kier molecular flexibility index (Phi) is 4.04. The molecule has 0 amide bonds. The van der Waals surface area contributed by atoms with Crippen LogP contribution in [-0.4, -0.2) is 36.9 Å². The van der Waals surface area contributed by atoms with Crippen molar-refractivity contribution in [2.75, 3.05) is 13.7 Å². The molecule has 3 fully saturated rings. The molecular weight excluding hydrogens is 254 g/mol. The lowest BCUT2D eigenvalue weighted by atomic mass is 9.71. The molecule has 0 aromatic rings. The van der Waals surface area contributed by atoms with Gasteiger partial charge >= 0.3 is 5.97 Å². The number of hydrogen-bond acceptors (Lipinski definition) is 4. The number of aliphatic hydroxyl groups is 1. The van der Waals surface area contributed by atoms with Gasteiger partial charge in [0, 0.05) is 12.6 Å². The zero-order valence-corrected chi connectivity index (χ0v) is 12.4. The number of hydrogen-bond donors (Lipinski definition) is 2. The van der Waals surface area contributed by atoms with Crippen molar-refractivity contribution in [3.63, 3.8) is 0 Å². The fraction of sp³-hybridized carbons (Fsp3) is 0.938. The number of carbonyl (C=O) groups excluding carboxylic acids is 1. The van der Waals surface area contributed by atoms with E-state index in [1.807, 2.05) is 0 Å². The standard InChI is InChI=1S/C16H27NO3/c1-20-15(19)16(8-9-16)12-4-2-11(3-5-12)14-7-6-13(18)10-17-14/h11-14,17-18H,2-10H2,1H3. The van der Waals surface area contributed by atoms with Gasteiger partial charge in [-0.2, -0.15) is 0 Å². The van der Waals surface area contributed by atoms with Gasteiger partial charge in [-0.3, -0.25) is 4.79 Å². The average molecular weight is 281 g/mol. The number of carbonyl (C=O) groups is 1. The first-order valence-corrected chi connectivity index (χ1v) is 8.15. The SMILES string of the molecule is COC(=O)C1(C2CCC(C3CCC(O)CN3)CC2)CC1. The second-order valence-corrected chi connectivity index (χ2v) is 7.01. The number of β-amino-alcohol motifs (C(OH)–C–C–N with tert-alkyl or cyclic N) is 1. The Morgan fingerprint density at radius 1 is 1.15 bits per heavy atom. The highest BCUT2D eigenvalue weighted by Gasteiger charge is 2.56. The van der Waals surface area contributed by atoms with E-state index in [-0.39, 0.29) is 17.5 Å². The van der Waals surface area contributed by atoms with E-state index in [9.17, 15) is 9.90 Å². The van der Waals surface area contributed by atoms with Gasteiger partial charge in [0.15, 0.2) is 0 Å². The summed E-state index contributed by atoms with van der Waals surface area (Å²) in [6.07, 6.45) is 8.71. The monoisotopic (exact) mass is 281 g/mol. The van der Waals surface area contributed by atoms with Crippen LogP contribution in [0.3, 0.4) is 0 Å². The second-order valence-electron chi connectivity index (χ2n) is 7.01. The molecule has 1 heterocycles. The lowest BCUT2D eigenvalue weighted by Crippen LogP contribution is -2.46. The first kappa shape index (κ1) is 14.3. The molecule has 4 nitrogen and oxygen atoms in total. The normalized spacial score (nSPS) is 40.1. The van der Waals surface area contributed by atoms with Gasteiger partial charge in [-0.25, -0.2) is 0 Å². The van der Waals surface area contributed by atoms with Crippen LogP contribution >= 0.6 is 0 Å². The van der Waals surface area contributed by atoms with Crippen molar-refractivity contribution < 1.29 is 14.6 Å². The lowest BCUT2D eigenvalue weighted by Gasteiger charge is -2.39. The highest BCUT2D eigenvalue weighted by Crippen LogP contribution is 2.57. The van der Waals surface area contributed by atoms with Crippen LogP contribution in [0.15, 0.2) is 0 Å². The summed E-state index contributed by atoms with van der Waals surface area (Å²) in [4.78, 5) is 12.0. The van der Waals surface area contributed by atoms with E-state index in [2.05, 4.69) is 5.32 Å². The first-order valence-electron chi connectivity index (χ1n) is 8.15. The van der Waals surface area contributed by atoms with Crippen LogP contribution in [0.1, 0.15) is 51.4 Å². The average Bonchev–Trinajstić information content (AvgIpc) is 3.29. The number of rotatable bonds is 3. The Hall–Kier alpha value is -0.610. The maximum absolute atomic E-state index is 12.0. The third-order valence-electron chi connectivity index (χ3n) is 5.93. The molecule has 0 radical (unpaired) electrons. The van der Waals surface area contributed by atoms with Gasteiger partial charge in [0.1, 0.15) is 0 Å². The predicted octanol–water partition coefficient (Wildman–Crippen LogP) is 1.86. The summed E-state index contributed by atoms with van der Waals surface area (Å²) >= 11 is 0. The highest BCUT2D eigenvalue weighted by molar-refractivity contribution is 5.80. The van der Waals surface area contributed by atoms with E-state index in [1.54, 1.807) is 0 Å². The lowest BCUT2D eigenvalue weighted by molar-refractivity contribution is -0.150. The van der Waals surface area contributed by atoms with Crippen LogP contribution in [0.2, 0.25) is 0 Å². The van der Waals surface area contributed by atoms with Gasteiger partial charge in [0.05, 0.1) is 18.6 Å². The number of esters is 1. The highest BCUT2D eigenvalue weighted by atomic mass is 16.5. The summed E-state index contributed by atoms with van der Waals surface area (Å²) in [6, 6.07) is 0.577. The number of aliphatic hydroxyl groups excluding tert-OH is 1. The summed E-state index contributed by atoms with van der Waals surface area (Å²) in [5.41, 5.74) is -0.115. The maximum Gasteiger partial charge on any atom is 0.312 e. The fourth-order valence-electron chi connectivity index (χ4n) is 4.46. The molecule has 20 heavy (non-hydrogen) atoms. The number of methoxy groups -OCH3 is 1. The molecule has 1 aliphatic heterocycles. The number of ether oxygens (including phenoxy) is 1. The van der Waals surface area contributed by atoms with Gasteiger partial charge in [0.25, 0.3) is 0 Å². The molecule has 3 rings (SSSR count). The van der Waals surface area contributed by atoms with Crippen LogP contribution in [0.4, 0.5) is 0 Å². The molecule has 2 N–H and O–H groups in total. The molecular formula is C16H27NO3. The third kappa shape index (κ3) is 2.60. The Labute approximate surface area is 121 Å². The molecule has 4 heteroatoms. The Morgan fingerprint density at radius 3 is 2.35 bits per heavy atom.